The molecule has 1 aromatic heterocycles. The third-order valence-electron chi connectivity index (χ3n) is 4.00. The lowest BCUT2D eigenvalue weighted by Gasteiger charge is -2.26. The Morgan fingerprint density at radius 1 is 1.35 bits per heavy atom. The monoisotopic (exact) mass is 316 g/mol. The summed E-state index contributed by atoms with van der Waals surface area (Å²) in [5.74, 6) is 1.45. The van der Waals surface area contributed by atoms with Gasteiger partial charge in [0.1, 0.15) is 4.90 Å². The minimum atomic E-state index is -3.55. The predicted molar refractivity (Wildman–Crippen MR) is 80.2 cm³/mol. The molecule has 0 unspecified atom stereocenters. The summed E-state index contributed by atoms with van der Waals surface area (Å²) in [6.45, 7) is 2.75. The van der Waals surface area contributed by atoms with Crippen LogP contribution in [0.25, 0.3) is 0 Å². The molecule has 112 valence electrons. The highest BCUT2D eigenvalue weighted by atomic mass is 35.5. The van der Waals surface area contributed by atoms with Crippen LogP contribution in [-0.2, 0) is 10.0 Å². The summed E-state index contributed by atoms with van der Waals surface area (Å²) in [5.41, 5.74) is 0. The molecule has 4 nitrogen and oxygen atoms in total. The fourth-order valence-electron chi connectivity index (χ4n) is 2.65. The molecule has 1 aliphatic carbocycles. The molecule has 20 heavy (non-hydrogen) atoms. The number of nitrogens with one attached hydrogen (secondary N) is 1. The van der Waals surface area contributed by atoms with Gasteiger partial charge in [-0.3, -0.25) is 4.98 Å². The van der Waals surface area contributed by atoms with Crippen molar-refractivity contribution in [3.63, 3.8) is 0 Å². The van der Waals surface area contributed by atoms with E-state index in [1.54, 1.807) is 0 Å². The van der Waals surface area contributed by atoms with E-state index in [4.69, 9.17) is 11.6 Å². The Bertz CT molecular complexity index is 540. The smallest absolute Gasteiger partial charge is 0.243 e. The Labute approximate surface area is 126 Å². The second-order valence-electron chi connectivity index (χ2n) is 5.62. The highest BCUT2D eigenvalue weighted by Crippen LogP contribution is 2.30. The van der Waals surface area contributed by atoms with Crippen LogP contribution < -0.4 is 4.72 Å². The first-order valence-corrected chi connectivity index (χ1v) is 8.94. The van der Waals surface area contributed by atoms with E-state index in [9.17, 15) is 8.42 Å². The quantitative estimate of drug-likeness (QED) is 0.907. The number of sulfonamides is 1. The van der Waals surface area contributed by atoms with Crippen molar-refractivity contribution in [2.75, 3.05) is 6.54 Å². The molecule has 0 aromatic carbocycles. The summed E-state index contributed by atoms with van der Waals surface area (Å²) in [7, 11) is -3.55. The minimum absolute atomic E-state index is 0.0546. The van der Waals surface area contributed by atoms with E-state index >= 15 is 0 Å². The lowest BCUT2D eigenvalue weighted by molar-refractivity contribution is 0.278. The highest BCUT2D eigenvalue weighted by molar-refractivity contribution is 7.89. The van der Waals surface area contributed by atoms with Gasteiger partial charge < -0.3 is 0 Å². The van der Waals surface area contributed by atoms with Crippen molar-refractivity contribution in [1.82, 2.24) is 9.71 Å². The van der Waals surface area contributed by atoms with Crippen molar-refractivity contribution in [2.24, 2.45) is 11.8 Å². The average Bonchev–Trinajstić information content (AvgIpc) is 2.41. The summed E-state index contributed by atoms with van der Waals surface area (Å²) in [6, 6.07) is 1.48. The van der Waals surface area contributed by atoms with Crippen LogP contribution in [0.1, 0.15) is 39.0 Å². The van der Waals surface area contributed by atoms with E-state index in [1.807, 2.05) is 0 Å². The molecular formula is C14H21ClN2O2S. The third kappa shape index (κ3) is 4.17. The van der Waals surface area contributed by atoms with E-state index in [0.717, 1.165) is 12.3 Å². The number of aromatic nitrogens is 1. The van der Waals surface area contributed by atoms with Crippen molar-refractivity contribution < 1.29 is 8.42 Å². The summed E-state index contributed by atoms with van der Waals surface area (Å²) < 4.78 is 26.8. The van der Waals surface area contributed by atoms with Gasteiger partial charge in [-0.05, 0) is 24.3 Å². The second-order valence-corrected chi connectivity index (χ2v) is 7.76. The zero-order valence-corrected chi connectivity index (χ0v) is 13.3. The van der Waals surface area contributed by atoms with Crippen molar-refractivity contribution in [3.05, 3.63) is 23.5 Å². The number of rotatable bonds is 5. The van der Waals surface area contributed by atoms with Crippen molar-refractivity contribution in [3.8, 4) is 0 Å². The Morgan fingerprint density at radius 2 is 2.05 bits per heavy atom. The summed E-state index contributed by atoms with van der Waals surface area (Å²) in [5, 5.41) is 0.207. The van der Waals surface area contributed by atoms with Gasteiger partial charge in [-0.25, -0.2) is 13.1 Å². The largest absolute Gasteiger partial charge is 0.263 e. The lowest BCUT2D eigenvalue weighted by atomic mass is 9.81. The van der Waals surface area contributed by atoms with Gasteiger partial charge in [-0.2, -0.15) is 0 Å². The average molecular weight is 317 g/mol. The zero-order valence-electron chi connectivity index (χ0n) is 11.7. The molecule has 1 aliphatic rings. The van der Waals surface area contributed by atoms with Crippen LogP contribution in [0.5, 0.6) is 0 Å². The standard InChI is InChI=1S/C14H21ClN2O2S/c1-11-2-4-12(5-3-11)6-9-17-20(18,19)14-10-16-8-7-13(14)15/h7-8,10-12,17H,2-6,9H2,1H3. The maximum atomic E-state index is 12.1. The van der Waals surface area contributed by atoms with Crippen LogP contribution in [0, 0.1) is 11.8 Å². The van der Waals surface area contributed by atoms with Gasteiger partial charge >= 0.3 is 0 Å². The first-order valence-electron chi connectivity index (χ1n) is 7.08. The number of halogens is 1. The summed E-state index contributed by atoms with van der Waals surface area (Å²) in [4.78, 5) is 3.87. The van der Waals surface area contributed by atoms with Gasteiger partial charge in [-0.1, -0.05) is 44.2 Å². The van der Waals surface area contributed by atoms with Crippen molar-refractivity contribution in [2.45, 2.75) is 43.9 Å². The number of hydrogen-bond donors (Lipinski definition) is 1. The van der Waals surface area contributed by atoms with E-state index in [1.165, 1.54) is 44.1 Å². The molecular weight excluding hydrogens is 296 g/mol. The van der Waals surface area contributed by atoms with Crippen molar-refractivity contribution in [1.29, 1.82) is 0 Å². The van der Waals surface area contributed by atoms with Crippen LogP contribution in [0.15, 0.2) is 23.4 Å². The van der Waals surface area contributed by atoms with Gasteiger partial charge in [0.15, 0.2) is 0 Å². The fraction of sp³-hybridized carbons (Fsp3) is 0.643. The molecule has 1 N–H and O–H groups in total. The Morgan fingerprint density at radius 3 is 2.70 bits per heavy atom. The van der Waals surface area contributed by atoms with E-state index in [0.29, 0.717) is 12.5 Å². The molecule has 2 rings (SSSR count). The molecule has 1 fully saturated rings. The molecule has 0 spiro atoms. The van der Waals surface area contributed by atoms with E-state index < -0.39 is 10.0 Å². The molecule has 0 saturated heterocycles. The van der Waals surface area contributed by atoms with Gasteiger partial charge in [0.05, 0.1) is 5.02 Å². The van der Waals surface area contributed by atoms with Gasteiger partial charge in [-0.15, -0.1) is 0 Å². The molecule has 0 atom stereocenters. The SMILES string of the molecule is CC1CCC(CCNS(=O)(=O)c2cnccc2Cl)CC1. The molecule has 0 amide bonds. The van der Waals surface area contributed by atoms with Gasteiger partial charge in [0.2, 0.25) is 10.0 Å². The molecule has 0 aliphatic heterocycles. The molecule has 0 radical (unpaired) electrons. The first kappa shape index (κ1) is 15.7. The van der Waals surface area contributed by atoms with Gasteiger partial charge in [0, 0.05) is 18.9 Å². The maximum absolute atomic E-state index is 12.1. The number of hydrogen-bond acceptors (Lipinski definition) is 3. The maximum Gasteiger partial charge on any atom is 0.243 e. The summed E-state index contributed by atoms with van der Waals surface area (Å²) >= 11 is 5.89. The second kappa shape index (κ2) is 6.87. The third-order valence-corrected chi connectivity index (χ3v) is 5.93. The normalized spacial score (nSPS) is 23.7. The lowest BCUT2D eigenvalue weighted by Crippen LogP contribution is -2.27. The van der Waals surface area contributed by atoms with Gasteiger partial charge in [0.25, 0.3) is 0 Å². The predicted octanol–water partition coefficient (Wildman–Crippen LogP) is 3.23. The number of pyridine rings is 1. The first-order chi connectivity index (χ1) is 9.49. The zero-order chi connectivity index (χ0) is 14.6. The van der Waals surface area contributed by atoms with Crippen LogP contribution in [0.2, 0.25) is 5.02 Å². The molecule has 1 heterocycles. The Kier molecular flexibility index (Phi) is 5.41. The Hall–Kier alpha value is -0.650. The van der Waals surface area contributed by atoms with E-state index in [2.05, 4.69) is 16.6 Å². The minimum Gasteiger partial charge on any atom is -0.263 e. The van der Waals surface area contributed by atoms with Crippen LogP contribution in [0.3, 0.4) is 0 Å². The molecule has 0 bridgehead atoms. The topological polar surface area (TPSA) is 59.1 Å². The van der Waals surface area contributed by atoms with Crippen molar-refractivity contribution >= 4 is 21.6 Å². The van der Waals surface area contributed by atoms with Crippen LogP contribution in [-0.4, -0.2) is 19.9 Å². The fourth-order valence-corrected chi connectivity index (χ4v) is 4.13. The molecule has 6 heteroatoms. The Balaban J connectivity index is 1.86. The number of nitrogens with zero attached hydrogens (tertiary/aromatic N) is 1. The molecule has 1 saturated carbocycles. The highest BCUT2D eigenvalue weighted by Gasteiger charge is 2.20. The van der Waals surface area contributed by atoms with Crippen LogP contribution >= 0.6 is 11.6 Å². The summed E-state index contributed by atoms with van der Waals surface area (Å²) in [6.07, 6.45) is 8.58. The molecule has 1 aromatic rings. The van der Waals surface area contributed by atoms with Crippen LogP contribution in [0.4, 0.5) is 0 Å². The van der Waals surface area contributed by atoms with E-state index in [-0.39, 0.29) is 9.92 Å².